The lowest BCUT2D eigenvalue weighted by Gasteiger charge is -2.07. The summed E-state index contributed by atoms with van der Waals surface area (Å²) in [6.45, 7) is 1.76. The predicted molar refractivity (Wildman–Crippen MR) is 80.8 cm³/mol. The summed E-state index contributed by atoms with van der Waals surface area (Å²) in [5.41, 5.74) is 1.96. The van der Waals surface area contributed by atoms with Crippen LogP contribution in [0.4, 0.5) is 5.69 Å². The first-order chi connectivity index (χ1) is 9.65. The zero-order valence-electron chi connectivity index (χ0n) is 10.7. The van der Waals surface area contributed by atoms with Crippen LogP contribution in [0.15, 0.2) is 51.7 Å². The van der Waals surface area contributed by atoms with E-state index >= 15 is 0 Å². The minimum Gasteiger partial charge on any atom is -0.469 e. The number of halogens is 1. The number of carbonyl (C=O) groups is 1. The van der Waals surface area contributed by atoms with Crippen LogP contribution in [0, 0.1) is 6.92 Å². The number of carbonyl (C=O) groups excluding carboxylic acids is 1. The molecule has 3 aromatic rings. The molecule has 1 N–H and O–H groups in total. The number of aryl methyl sites for hydroxylation is 1. The van der Waals surface area contributed by atoms with Crippen molar-refractivity contribution in [3.8, 4) is 0 Å². The van der Waals surface area contributed by atoms with Crippen LogP contribution in [0.3, 0.4) is 0 Å². The Hall–Kier alpha value is -2.14. The van der Waals surface area contributed by atoms with Crippen molar-refractivity contribution in [2.24, 2.45) is 0 Å². The van der Waals surface area contributed by atoms with Crippen molar-refractivity contribution in [1.29, 1.82) is 0 Å². The molecular formula is C15H11BrN2O2. The highest BCUT2D eigenvalue weighted by molar-refractivity contribution is 9.10. The number of hydrogen-bond donors (Lipinski definition) is 1. The van der Waals surface area contributed by atoms with Gasteiger partial charge in [0.25, 0.3) is 5.91 Å². The van der Waals surface area contributed by atoms with E-state index in [-0.39, 0.29) is 5.91 Å². The summed E-state index contributed by atoms with van der Waals surface area (Å²) in [6.07, 6.45) is 3.21. The van der Waals surface area contributed by atoms with Gasteiger partial charge >= 0.3 is 0 Å². The van der Waals surface area contributed by atoms with Crippen LogP contribution in [-0.4, -0.2) is 10.9 Å². The Kier molecular flexibility index (Phi) is 3.28. The summed E-state index contributed by atoms with van der Waals surface area (Å²) in [7, 11) is 0. The van der Waals surface area contributed by atoms with Gasteiger partial charge in [-0.1, -0.05) is 12.1 Å². The quantitative estimate of drug-likeness (QED) is 0.767. The van der Waals surface area contributed by atoms with Gasteiger partial charge in [-0.15, -0.1) is 0 Å². The number of benzene rings is 1. The molecule has 0 saturated carbocycles. The number of anilines is 1. The van der Waals surface area contributed by atoms with E-state index in [4.69, 9.17) is 4.42 Å². The number of fused-ring (bicyclic) bond motifs is 1. The van der Waals surface area contributed by atoms with Gasteiger partial charge in [0.15, 0.2) is 0 Å². The largest absolute Gasteiger partial charge is 0.469 e. The first kappa shape index (κ1) is 12.9. The third-order valence-corrected chi connectivity index (χ3v) is 3.46. The molecule has 2 aromatic heterocycles. The molecule has 0 aliphatic heterocycles. The molecule has 0 bridgehead atoms. The van der Waals surface area contributed by atoms with E-state index in [2.05, 4.69) is 26.2 Å². The molecule has 2 heterocycles. The predicted octanol–water partition coefficient (Wildman–Crippen LogP) is 4.15. The van der Waals surface area contributed by atoms with Gasteiger partial charge in [0.05, 0.1) is 23.0 Å². The van der Waals surface area contributed by atoms with Gasteiger partial charge in [0, 0.05) is 16.1 Å². The maximum Gasteiger partial charge on any atom is 0.259 e. The third-order valence-electron chi connectivity index (χ3n) is 3.03. The number of hydrogen-bond acceptors (Lipinski definition) is 3. The maximum atomic E-state index is 12.2. The Morgan fingerprint density at radius 2 is 2.20 bits per heavy atom. The van der Waals surface area contributed by atoms with Crippen molar-refractivity contribution < 1.29 is 9.21 Å². The number of nitrogens with one attached hydrogen (secondary N) is 1. The number of pyridine rings is 1. The highest BCUT2D eigenvalue weighted by atomic mass is 79.9. The number of furan rings is 1. The van der Waals surface area contributed by atoms with E-state index in [1.54, 1.807) is 19.2 Å². The molecule has 0 unspecified atom stereocenters. The Bertz CT molecular complexity index is 795. The molecular weight excluding hydrogens is 320 g/mol. The van der Waals surface area contributed by atoms with Crippen LogP contribution >= 0.6 is 15.9 Å². The zero-order valence-corrected chi connectivity index (χ0v) is 12.3. The SMILES string of the molecule is Cc1occc1C(=O)Nc1cccc2cc(Br)cnc12. The number of aromatic nitrogens is 1. The van der Waals surface area contributed by atoms with Crippen molar-refractivity contribution in [3.63, 3.8) is 0 Å². The van der Waals surface area contributed by atoms with Gasteiger partial charge < -0.3 is 9.73 Å². The van der Waals surface area contributed by atoms with E-state index in [9.17, 15) is 4.79 Å². The van der Waals surface area contributed by atoms with Crippen molar-refractivity contribution in [1.82, 2.24) is 4.98 Å². The fourth-order valence-electron chi connectivity index (χ4n) is 2.05. The van der Waals surface area contributed by atoms with Crippen molar-refractivity contribution in [3.05, 3.63) is 58.6 Å². The van der Waals surface area contributed by atoms with Gasteiger partial charge in [0.1, 0.15) is 5.76 Å². The first-order valence-corrected chi connectivity index (χ1v) is 6.84. The van der Waals surface area contributed by atoms with Crippen LogP contribution in [-0.2, 0) is 0 Å². The second kappa shape index (κ2) is 5.09. The molecule has 5 heteroatoms. The fourth-order valence-corrected chi connectivity index (χ4v) is 2.39. The van der Waals surface area contributed by atoms with Crippen molar-refractivity contribution >= 4 is 38.4 Å². The average molecular weight is 331 g/mol. The minimum absolute atomic E-state index is 0.200. The number of nitrogens with zero attached hydrogens (tertiary/aromatic N) is 1. The van der Waals surface area contributed by atoms with Crippen LogP contribution in [0.2, 0.25) is 0 Å². The molecule has 100 valence electrons. The molecule has 0 saturated heterocycles. The fraction of sp³-hybridized carbons (Fsp3) is 0.0667. The molecule has 0 aliphatic rings. The lowest BCUT2D eigenvalue weighted by molar-refractivity contribution is 0.102. The van der Waals surface area contributed by atoms with Gasteiger partial charge in [-0.2, -0.15) is 0 Å². The summed E-state index contributed by atoms with van der Waals surface area (Å²) in [5.74, 6) is 0.395. The van der Waals surface area contributed by atoms with Gasteiger partial charge in [0.2, 0.25) is 0 Å². The smallest absolute Gasteiger partial charge is 0.259 e. The molecule has 1 amide bonds. The van der Waals surface area contributed by atoms with E-state index in [0.29, 0.717) is 17.0 Å². The normalized spacial score (nSPS) is 10.7. The molecule has 0 atom stereocenters. The number of rotatable bonds is 2. The molecule has 4 nitrogen and oxygen atoms in total. The highest BCUT2D eigenvalue weighted by Crippen LogP contribution is 2.24. The van der Waals surface area contributed by atoms with E-state index in [1.807, 2.05) is 24.3 Å². The van der Waals surface area contributed by atoms with Crippen molar-refractivity contribution in [2.75, 3.05) is 5.32 Å². The van der Waals surface area contributed by atoms with E-state index < -0.39 is 0 Å². The molecule has 0 fully saturated rings. The number of para-hydroxylation sites is 1. The minimum atomic E-state index is -0.200. The van der Waals surface area contributed by atoms with Gasteiger partial charge in [-0.3, -0.25) is 9.78 Å². The summed E-state index contributed by atoms with van der Waals surface area (Å²) in [6, 6.07) is 9.28. The Morgan fingerprint density at radius 3 is 2.95 bits per heavy atom. The summed E-state index contributed by atoms with van der Waals surface area (Å²) in [5, 5.41) is 3.83. The van der Waals surface area contributed by atoms with Crippen LogP contribution < -0.4 is 5.32 Å². The summed E-state index contributed by atoms with van der Waals surface area (Å²) < 4.78 is 6.05. The maximum absolute atomic E-state index is 12.2. The number of amides is 1. The third kappa shape index (κ3) is 2.32. The van der Waals surface area contributed by atoms with E-state index in [0.717, 1.165) is 15.4 Å². The molecule has 20 heavy (non-hydrogen) atoms. The van der Waals surface area contributed by atoms with Crippen LogP contribution in [0.5, 0.6) is 0 Å². The van der Waals surface area contributed by atoms with Gasteiger partial charge in [-0.25, -0.2) is 0 Å². The molecule has 0 spiro atoms. The summed E-state index contributed by atoms with van der Waals surface area (Å²) in [4.78, 5) is 16.6. The molecule has 3 rings (SSSR count). The first-order valence-electron chi connectivity index (χ1n) is 6.05. The highest BCUT2D eigenvalue weighted by Gasteiger charge is 2.13. The average Bonchev–Trinajstić information content (AvgIpc) is 2.85. The standard InChI is InChI=1S/C15H11BrN2O2/c1-9-12(5-6-20-9)15(19)18-13-4-2-3-10-7-11(16)8-17-14(10)13/h2-8H,1H3,(H,18,19). The zero-order chi connectivity index (χ0) is 14.1. The Balaban J connectivity index is 1.99. The Labute approximate surface area is 123 Å². The lowest BCUT2D eigenvalue weighted by atomic mass is 10.2. The topological polar surface area (TPSA) is 55.1 Å². The molecule has 0 radical (unpaired) electrons. The van der Waals surface area contributed by atoms with Crippen LogP contribution in [0.1, 0.15) is 16.1 Å². The monoisotopic (exact) mass is 330 g/mol. The van der Waals surface area contributed by atoms with Crippen LogP contribution in [0.25, 0.3) is 10.9 Å². The second-order valence-corrected chi connectivity index (χ2v) is 5.29. The lowest BCUT2D eigenvalue weighted by Crippen LogP contribution is -2.12. The van der Waals surface area contributed by atoms with E-state index in [1.165, 1.54) is 6.26 Å². The Morgan fingerprint density at radius 1 is 1.35 bits per heavy atom. The van der Waals surface area contributed by atoms with Crippen molar-refractivity contribution in [2.45, 2.75) is 6.92 Å². The molecule has 0 aliphatic carbocycles. The van der Waals surface area contributed by atoms with Gasteiger partial charge in [-0.05, 0) is 41.1 Å². The second-order valence-electron chi connectivity index (χ2n) is 4.38. The molecule has 1 aromatic carbocycles. The summed E-state index contributed by atoms with van der Waals surface area (Å²) >= 11 is 3.39.